The molecule has 0 unspecified atom stereocenters. The summed E-state index contributed by atoms with van der Waals surface area (Å²) in [6.45, 7) is 2.92. The van der Waals surface area contributed by atoms with Crippen molar-refractivity contribution >= 4 is 11.0 Å². The highest BCUT2D eigenvalue weighted by atomic mass is 16.5. The molecule has 0 radical (unpaired) electrons. The second-order valence-corrected chi connectivity index (χ2v) is 6.46. The monoisotopic (exact) mass is 355 g/mol. The van der Waals surface area contributed by atoms with Crippen LogP contribution in [0, 0.1) is 0 Å². The molecule has 0 amide bonds. The number of nitrogens with zero attached hydrogens (tertiary/aromatic N) is 2. The van der Waals surface area contributed by atoms with Gasteiger partial charge in [-0.25, -0.2) is 9.13 Å². The Morgan fingerprint density at radius 1 is 1.08 bits per heavy atom. The lowest BCUT2D eigenvalue weighted by molar-refractivity contribution is -0.654. The van der Waals surface area contributed by atoms with Gasteiger partial charge in [-0.05, 0) is 42.8 Å². The molecule has 0 aliphatic rings. The van der Waals surface area contributed by atoms with Crippen LogP contribution in [-0.4, -0.2) is 29.5 Å². The lowest BCUT2D eigenvalue weighted by atomic mass is 10.3. The van der Waals surface area contributed by atoms with Crippen LogP contribution >= 0.6 is 0 Å². The second kappa shape index (κ2) is 8.23. The van der Waals surface area contributed by atoms with E-state index in [2.05, 4.69) is 35.2 Å². The molecule has 3 aromatic rings. The van der Waals surface area contributed by atoms with Gasteiger partial charge in [0.2, 0.25) is 0 Å². The van der Waals surface area contributed by atoms with Crippen LogP contribution in [-0.2, 0) is 20.0 Å². The van der Waals surface area contributed by atoms with Gasteiger partial charge in [0.15, 0.2) is 11.0 Å². The Labute approximate surface area is 154 Å². The summed E-state index contributed by atoms with van der Waals surface area (Å²) in [6, 6.07) is 15.7. The minimum Gasteiger partial charge on any atom is -0.497 e. The zero-order valence-corrected chi connectivity index (χ0v) is 15.7. The maximum Gasteiger partial charge on any atom is 0.257 e. The smallest absolute Gasteiger partial charge is 0.257 e. The zero-order chi connectivity index (χ0) is 18.5. The van der Waals surface area contributed by atoms with Gasteiger partial charge in [0, 0.05) is 6.42 Å². The molecule has 0 aliphatic carbocycles. The molecule has 1 heterocycles. The van der Waals surface area contributed by atoms with E-state index in [1.807, 2.05) is 36.4 Å². The minimum atomic E-state index is -0.594. The number of aromatic nitrogens is 2. The van der Waals surface area contributed by atoms with Crippen molar-refractivity contribution in [2.75, 3.05) is 13.7 Å². The number of aryl methyl sites for hydroxylation is 1. The average Bonchev–Trinajstić information content (AvgIpc) is 2.93. The van der Waals surface area contributed by atoms with Gasteiger partial charge in [-0.2, -0.15) is 0 Å². The molecular weight excluding hydrogens is 328 g/mol. The molecule has 0 bridgehead atoms. The number of aliphatic hydroxyl groups excluding tert-OH is 1. The Bertz CT molecular complexity index is 856. The van der Waals surface area contributed by atoms with E-state index in [0.29, 0.717) is 6.54 Å². The fraction of sp³-hybridized carbons (Fsp3) is 0.381. The number of benzene rings is 2. The Morgan fingerprint density at radius 3 is 2.46 bits per heavy atom. The molecular formula is C21H27N2O3+. The highest BCUT2D eigenvalue weighted by Gasteiger charge is 2.23. The molecule has 5 nitrogen and oxygen atoms in total. The van der Waals surface area contributed by atoms with E-state index in [1.165, 1.54) is 11.3 Å². The molecule has 2 aromatic carbocycles. The van der Waals surface area contributed by atoms with E-state index in [0.717, 1.165) is 29.9 Å². The van der Waals surface area contributed by atoms with E-state index < -0.39 is 6.10 Å². The van der Waals surface area contributed by atoms with Crippen LogP contribution in [0.25, 0.3) is 11.0 Å². The fourth-order valence-electron chi connectivity index (χ4n) is 3.29. The third-order valence-corrected chi connectivity index (χ3v) is 4.60. The van der Waals surface area contributed by atoms with Gasteiger partial charge in [-0.15, -0.1) is 0 Å². The Kier molecular flexibility index (Phi) is 5.78. The normalized spacial score (nSPS) is 12.3. The number of hydrogen-bond acceptors (Lipinski definition) is 3. The molecule has 1 N–H and O–H groups in total. The number of hydrogen-bond donors (Lipinski definition) is 1. The summed E-state index contributed by atoms with van der Waals surface area (Å²) in [4.78, 5) is 0. The third kappa shape index (κ3) is 3.83. The van der Waals surface area contributed by atoms with Crippen LogP contribution in [0.2, 0.25) is 0 Å². The molecule has 138 valence electrons. The second-order valence-electron chi connectivity index (χ2n) is 6.46. The molecule has 26 heavy (non-hydrogen) atoms. The number of fused-ring (bicyclic) bond motifs is 1. The third-order valence-electron chi connectivity index (χ3n) is 4.60. The largest absolute Gasteiger partial charge is 0.497 e. The van der Waals surface area contributed by atoms with Gasteiger partial charge >= 0.3 is 0 Å². The first-order chi connectivity index (χ1) is 12.6. The first-order valence-corrected chi connectivity index (χ1v) is 9.05. The molecule has 0 spiro atoms. The van der Waals surface area contributed by atoms with Crippen LogP contribution in [0.15, 0.2) is 48.5 Å². The van der Waals surface area contributed by atoms with Crippen molar-refractivity contribution in [1.29, 1.82) is 0 Å². The number of ether oxygens (including phenoxy) is 2. The fourth-order valence-corrected chi connectivity index (χ4v) is 3.29. The van der Waals surface area contributed by atoms with Crippen LogP contribution < -0.4 is 14.0 Å². The SMILES string of the molecule is CCCc1n(C[C@@H](O)COc2ccc(OC)cc2)c2ccccc2[n+]1C. The molecule has 0 saturated heterocycles. The zero-order valence-electron chi connectivity index (χ0n) is 15.7. The van der Waals surface area contributed by atoms with E-state index in [-0.39, 0.29) is 6.61 Å². The summed E-state index contributed by atoms with van der Waals surface area (Å²) >= 11 is 0. The molecule has 0 fully saturated rings. The van der Waals surface area contributed by atoms with Gasteiger partial charge in [0.1, 0.15) is 30.8 Å². The lowest BCUT2D eigenvalue weighted by Gasteiger charge is -2.12. The van der Waals surface area contributed by atoms with Crippen molar-refractivity contribution in [3.05, 3.63) is 54.4 Å². The predicted octanol–water partition coefficient (Wildman–Crippen LogP) is 2.87. The van der Waals surface area contributed by atoms with Crippen molar-refractivity contribution < 1.29 is 19.1 Å². The topological polar surface area (TPSA) is 47.5 Å². The van der Waals surface area contributed by atoms with Crippen molar-refractivity contribution in [2.45, 2.75) is 32.4 Å². The molecule has 5 heteroatoms. The maximum atomic E-state index is 10.5. The highest BCUT2D eigenvalue weighted by Crippen LogP contribution is 2.18. The van der Waals surface area contributed by atoms with Gasteiger partial charge in [-0.1, -0.05) is 19.1 Å². The number of aliphatic hydroxyl groups is 1. The lowest BCUT2D eigenvalue weighted by Crippen LogP contribution is -2.34. The van der Waals surface area contributed by atoms with E-state index in [1.54, 1.807) is 7.11 Å². The van der Waals surface area contributed by atoms with Gasteiger partial charge in [0.25, 0.3) is 5.82 Å². The number of para-hydroxylation sites is 2. The van der Waals surface area contributed by atoms with Crippen LogP contribution in [0.3, 0.4) is 0 Å². The van der Waals surface area contributed by atoms with E-state index in [4.69, 9.17) is 9.47 Å². The average molecular weight is 355 g/mol. The number of methoxy groups -OCH3 is 1. The molecule has 1 atom stereocenters. The quantitative estimate of drug-likeness (QED) is 0.632. The summed E-state index contributed by atoms with van der Waals surface area (Å²) in [5, 5.41) is 10.5. The minimum absolute atomic E-state index is 0.244. The molecule has 0 aliphatic heterocycles. The van der Waals surface area contributed by atoms with Crippen LogP contribution in [0.4, 0.5) is 0 Å². The Morgan fingerprint density at radius 2 is 1.77 bits per heavy atom. The summed E-state index contributed by atoms with van der Waals surface area (Å²) in [6.07, 6.45) is 1.43. The van der Waals surface area contributed by atoms with Gasteiger partial charge in [-0.3, -0.25) is 0 Å². The molecule has 0 saturated carbocycles. The summed E-state index contributed by atoms with van der Waals surface area (Å²) in [5.74, 6) is 2.73. The summed E-state index contributed by atoms with van der Waals surface area (Å²) < 4.78 is 15.3. The first-order valence-electron chi connectivity index (χ1n) is 9.05. The molecule has 3 rings (SSSR count). The number of imidazole rings is 1. The van der Waals surface area contributed by atoms with Crippen molar-refractivity contribution in [3.63, 3.8) is 0 Å². The van der Waals surface area contributed by atoms with Gasteiger partial charge in [0.05, 0.1) is 14.2 Å². The summed E-state index contributed by atoms with van der Waals surface area (Å²) in [5.41, 5.74) is 2.32. The van der Waals surface area contributed by atoms with Crippen molar-refractivity contribution in [1.82, 2.24) is 4.57 Å². The van der Waals surface area contributed by atoms with Crippen molar-refractivity contribution in [3.8, 4) is 11.5 Å². The maximum absolute atomic E-state index is 10.5. The molecule has 1 aromatic heterocycles. The Hall–Kier alpha value is -2.53. The predicted molar refractivity (Wildman–Crippen MR) is 102 cm³/mol. The van der Waals surface area contributed by atoms with Crippen LogP contribution in [0.1, 0.15) is 19.2 Å². The summed E-state index contributed by atoms with van der Waals surface area (Å²) in [7, 11) is 3.72. The van der Waals surface area contributed by atoms with E-state index >= 15 is 0 Å². The van der Waals surface area contributed by atoms with Gasteiger partial charge < -0.3 is 14.6 Å². The highest BCUT2D eigenvalue weighted by molar-refractivity contribution is 5.72. The number of rotatable bonds is 8. The van der Waals surface area contributed by atoms with Crippen molar-refractivity contribution in [2.24, 2.45) is 7.05 Å². The first kappa shape index (κ1) is 18.3. The standard InChI is InChI=1S/C21H27N2O3/c1-4-7-21-22(2)19-8-5-6-9-20(19)23(21)14-16(24)15-26-18-12-10-17(25-3)11-13-18/h5-6,8-13,16,24H,4,7,14-15H2,1-3H3/q+1/t16-/m1/s1. The van der Waals surface area contributed by atoms with Crippen LogP contribution in [0.5, 0.6) is 11.5 Å². The van der Waals surface area contributed by atoms with E-state index in [9.17, 15) is 5.11 Å². The Balaban J connectivity index is 1.73.